The highest BCUT2D eigenvalue weighted by Gasteiger charge is 2.19. The molecule has 0 aliphatic carbocycles. The second-order valence-corrected chi connectivity index (χ2v) is 15.7. The lowest BCUT2D eigenvalue weighted by atomic mass is 10.0. The molecule has 5 aromatic heterocycles. The molecule has 57 heavy (non-hydrogen) atoms. The SMILES string of the molecule is c1ccc(-n2c3ccccc3c3cc(-c4ccc5c6ccccc6n(-c6ccc7c(c6)n6c(nc8ccccc86)sc6nc8ccccc8n67)c5c4)ccc32)cc1. The van der Waals surface area contributed by atoms with Crippen molar-refractivity contribution in [3.63, 3.8) is 0 Å². The van der Waals surface area contributed by atoms with Crippen LogP contribution in [0.1, 0.15) is 0 Å². The number of aromatic nitrogens is 6. The molecule has 7 heteroatoms. The van der Waals surface area contributed by atoms with Gasteiger partial charge in [-0.05, 0) is 96.1 Å². The molecule has 0 atom stereocenters. The van der Waals surface area contributed by atoms with Crippen LogP contribution >= 0.6 is 11.3 Å². The van der Waals surface area contributed by atoms with E-state index in [0.717, 1.165) is 59.9 Å². The van der Waals surface area contributed by atoms with Crippen molar-refractivity contribution < 1.29 is 0 Å². The van der Waals surface area contributed by atoms with Crippen LogP contribution in [0.15, 0.2) is 182 Å². The minimum Gasteiger partial charge on any atom is -0.309 e. The third-order valence-corrected chi connectivity index (χ3v) is 12.5. The third kappa shape index (κ3) is 4.34. The number of nitrogens with zero attached hydrogens (tertiary/aromatic N) is 6. The summed E-state index contributed by atoms with van der Waals surface area (Å²) in [6.07, 6.45) is 0. The molecule has 6 nitrogen and oxygen atoms in total. The van der Waals surface area contributed by atoms with E-state index >= 15 is 0 Å². The van der Waals surface area contributed by atoms with Crippen LogP contribution in [-0.2, 0) is 0 Å². The lowest BCUT2D eigenvalue weighted by Gasteiger charge is -2.11. The molecule has 0 aliphatic rings. The minimum absolute atomic E-state index is 0.900. The molecule has 13 rings (SSSR count). The molecular formula is C50H30N6S. The molecule has 0 spiro atoms. The predicted octanol–water partition coefficient (Wildman–Crippen LogP) is 12.9. The van der Waals surface area contributed by atoms with Gasteiger partial charge < -0.3 is 9.13 Å². The third-order valence-electron chi connectivity index (χ3n) is 11.6. The van der Waals surface area contributed by atoms with Crippen LogP contribution in [0.3, 0.4) is 0 Å². The highest BCUT2D eigenvalue weighted by Crippen LogP contribution is 2.39. The van der Waals surface area contributed by atoms with E-state index < -0.39 is 0 Å². The lowest BCUT2D eigenvalue weighted by Crippen LogP contribution is -1.96. The zero-order chi connectivity index (χ0) is 37.2. The van der Waals surface area contributed by atoms with Crippen molar-refractivity contribution in [3.8, 4) is 22.5 Å². The van der Waals surface area contributed by atoms with Crippen LogP contribution in [0.2, 0.25) is 0 Å². The smallest absolute Gasteiger partial charge is 0.198 e. The zero-order valence-electron chi connectivity index (χ0n) is 30.4. The van der Waals surface area contributed by atoms with Gasteiger partial charge in [0.25, 0.3) is 0 Å². The number of hydrogen-bond donors (Lipinski definition) is 0. The van der Waals surface area contributed by atoms with Crippen molar-refractivity contribution in [3.05, 3.63) is 182 Å². The summed E-state index contributed by atoms with van der Waals surface area (Å²) in [5.41, 5.74) is 15.6. The summed E-state index contributed by atoms with van der Waals surface area (Å²) in [5.74, 6) is 0. The second-order valence-electron chi connectivity index (χ2n) is 14.7. The van der Waals surface area contributed by atoms with Crippen LogP contribution in [0, 0.1) is 0 Å². The van der Waals surface area contributed by atoms with Crippen LogP contribution in [0.4, 0.5) is 0 Å². The van der Waals surface area contributed by atoms with E-state index in [0.29, 0.717) is 0 Å². The van der Waals surface area contributed by atoms with Crippen LogP contribution in [0.25, 0.3) is 109 Å². The van der Waals surface area contributed by atoms with Crippen molar-refractivity contribution in [1.29, 1.82) is 0 Å². The topological polar surface area (TPSA) is 44.5 Å². The average Bonchev–Trinajstić information content (AvgIpc) is 3.99. The van der Waals surface area contributed by atoms with Gasteiger partial charge in [-0.3, -0.25) is 8.80 Å². The maximum Gasteiger partial charge on any atom is 0.198 e. The number of imidazole rings is 2. The summed E-state index contributed by atoms with van der Waals surface area (Å²) in [6.45, 7) is 0. The molecular weight excluding hydrogens is 717 g/mol. The van der Waals surface area contributed by atoms with Gasteiger partial charge >= 0.3 is 0 Å². The van der Waals surface area contributed by atoms with E-state index in [9.17, 15) is 0 Å². The summed E-state index contributed by atoms with van der Waals surface area (Å²) in [7, 11) is 0. The minimum atomic E-state index is 0.900. The predicted molar refractivity (Wildman–Crippen MR) is 237 cm³/mol. The number of rotatable bonds is 3. The van der Waals surface area contributed by atoms with Crippen molar-refractivity contribution in [1.82, 2.24) is 27.9 Å². The lowest BCUT2D eigenvalue weighted by molar-refractivity contribution is 1.17. The molecule has 0 fully saturated rings. The van der Waals surface area contributed by atoms with Gasteiger partial charge in [-0.25, -0.2) is 9.97 Å². The van der Waals surface area contributed by atoms with Gasteiger partial charge in [0, 0.05) is 32.9 Å². The van der Waals surface area contributed by atoms with Crippen molar-refractivity contribution in [2.45, 2.75) is 0 Å². The first-order valence-corrected chi connectivity index (χ1v) is 20.0. The summed E-state index contributed by atoms with van der Waals surface area (Å²) in [5, 5.41) is 4.93. The molecule has 0 saturated heterocycles. The number of para-hydroxylation sites is 7. The van der Waals surface area contributed by atoms with Gasteiger partial charge in [0.2, 0.25) is 0 Å². The van der Waals surface area contributed by atoms with Gasteiger partial charge in [-0.1, -0.05) is 108 Å². The Kier molecular flexibility index (Phi) is 6.23. The number of hydrogen-bond acceptors (Lipinski definition) is 3. The maximum absolute atomic E-state index is 5.14. The molecule has 5 heterocycles. The molecule has 0 bridgehead atoms. The quantitative estimate of drug-likeness (QED) is 0.181. The van der Waals surface area contributed by atoms with E-state index in [1.165, 1.54) is 49.2 Å². The molecule has 266 valence electrons. The fourth-order valence-electron chi connectivity index (χ4n) is 9.15. The van der Waals surface area contributed by atoms with Crippen LogP contribution in [0.5, 0.6) is 0 Å². The molecule has 0 aliphatic heterocycles. The van der Waals surface area contributed by atoms with E-state index in [4.69, 9.17) is 9.97 Å². The monoisotopic (exact) mass is 746 g/mol. The zero-order valence-corrected chi connectivity index (χ0v) is 31.2. The van der Waals surface area contributed by atoms with Crippen molar-refractivity contribution in [2.24, 2.45) is 0 Å². The Bertz CT molecular complexity index is 3820. The van der Waals surface area contributed by atoms with Crippen molar-refractivity contribution >= 4 is 98.0 Å². The Balaban J connectivity index is 1.08. The summed E-state index contributed by atoms with van der Waals surface area (Å²) < 4.78 is 9.40. The Morgan fingerprint density at radius 3 is 1.54 bits per heavy atom. The molecule has 0 amide bonds. The molecule has 0 radical (unpaired) electrons. The van der Waals surface area contributed by atoms with E-state index in [-0.39, 0.29) is 0 Å². The summed E-state index contributed by atoms with van der Waals surface area (Å²) >= 11 is 1.62. The molecule has 0 N–H and O–H groups in total. The second kappa shape index (κ2) is 11.5. The average molecular weight is 747 g/mol. The van der Waals surface area contributed by atoms with Crippen LogP contribution < -0.4 is 0 Å². The molecule has 0 unspecified atom stereocenters. The standard InChI is InChI=1S/C50H30N6S/c1-2-12-33(13-3-1)53-42-19-9-5-15-36(42)38-28-31(23-26-43(38)53)32-22-25-37-35-14-4-8-18-41(35)54(47(37)29-32)34-24-27-46-48(30-34)56-45-21-11-7-17-40(45)52-50(56)57-49-51-39-16-6-10-20-44(39)55(46)49/h1-30H. The first kappa shape index (κ1) is 30.8. The van der Waals surface area contributed by atoms with E-state index in [1.807, 2.05) is 0 Å². The Morgan fingerprint density at radius 1 is 0.316 bits per heavy atom. The fraction of sp³-hybridized carbons (Fsp3) is 0. The number of benzene rings is 8. The first-order valence-electron chi connectivity index (χ1n) is 19.2. The molecule has 8 aromatic carbocycles. The van der Waals surface area contributed by atoms with Crippen molar-refractivity contribution in [2.75, 3.05) is 0 Å². The summed E-state index contributed by atoms with van der Waals surface area (Å²) in [6, 6.07) is 65.6. The van der Waals surface area contributed by atoms with E-state index in [2.05, 4.69) is 200 Å². The fourth-order valence-corrected chi connectivity index (χ4v) is 10.2. The molecule has 13 aromatic rings. The van der Waals surface area contributed by atoms with Gasteiger partial charge in [0.1, 0.15) is 0 Å². The van der Waals surface area contributed by atoms with Gasteiger partial charge in [-0.15, -0.1) is 0 Å². The van der Waals surface area contributed by atoms with E-state index in [1.54, 1.807) is 11.3 Å². The largest absolute Gasteiger partial charge is 0.309 e. The van der Waals surface area contributed by atoms with Gasteiger partial charge in [0.15, 0.2) is 9.92 Å². The highest BCUT2D eigenvalue weighted by molar-refractivity contribution is 7.21. The summed E-state index contributed by atoms with van der Waals surface area (Å²) in [4.78, 5) is 12.0. The number of fused-ring (bicyclic) bond motifs is 15. The maximum atomic E-state index is 5.14. The van der Waals surface area contributed by atoms with Crippen LogP contribution in [-0.4, -0.2) is 27.9 Å². The highest BCUT2D eigenvalue weighted by atomic mass is 32.1. The van der Waals surface area contributed by atoms with Gasteiger partial charge in [0.05, 0.1) is 55.2 Å². The van der Waals surface area contributed by atoms with Gasteiger partial charge in [-0.2, -0.15) is 0 Å². The first-order chi connectivity index (χ1) is 28.3. The Hall–Kier alpha value is -7.48. The molecule has 0 saturated carbocycles. The Labute approximate surface area is 329 Å². The normalized spacial score (nSPS) is 12.2. The Morgan fingerprint density at radius 2 is 0.825 bits per heavy atom.